The third-order valence-corrected chi connectivity index (χ3v) is 5.44. The molecule has 172 valence electrons. The van der Waals surface area contributed by atoms with Crippen molar-refractivity contribution in [2.45, 2.75) is 25.2 Å². The standard InChI is InChI=1S/C24H21F3N2O4/c1-32-21-7-5-15(10-19(21)18-11-20(18)23(30)31)16-6-8-22(29-13-16)28-12-14-3-2-4-17(9-14)33-24(25,26)27/h2-10,13,18,20H,11-12H2,1H3,(H,28,29)(H,30,31)/t18-,20+/m0/s1. The first kappa shape index (κ1) is 22.4. The van der Waals surface area contributed by atoms with Crippen molar-refractivity contribution in [1.29, 1.82) is 0 Å². The Kier molecular flexibility index (Phi) is 6.13. The molecule has 2 N–H and O–H groups in total. The number of pyridine rings is 1. The van der Waals surface area contributed by atoms with Crippen molar-refractivity contribution in [2.75, 3.05) is 12.4 Å². The van der Waals surface area contributed by atoms with Gasteiger partial charge in [0.15, 0.2) is 0 Å². The predicted octanol–water partition coefficient (Wildman–Crippen LogP) is 5.46. The Labute approximate surface area is 188 Å². The van der Waals surface area contributed by atoms with Crippen LogP contribution in [0.1, 0.15) is 23.5 Å². The molecule has 3 aromatic rings. The number of aliphatic carboxylic acids is 1. The van der Waals surface area contributed by atoms with Crippen LogP contribution in [0.5, 0.6) is 11.5 Å². The predicted molar refractivity (Wildman–Crippen MR) is 115 cm³/mol. The molecule has 0 saturated heterocycles. The topological polar surface area (TPSA) is 80.7 Å². The lowest BCUT2D eigenvalue weighted by atomic mass is 10.0. The van der Waals surface area contributed by atoms with Crippen molar-refractivity contribution >= 4 is 11.8 Å². The van der Waals surface area contributed by atoms with Gasteiger partial charge in [-0.2, -0.15) is 0 Å². The van der Waals surface area contributed by atoms with Gasteiger partial charge in [0.2, 0.25) is 0 Å². The molecule has 1 aliphatic rings. The first-order valence-corrected chi connectivity index (χ1v) is 10.2. The highest BCUT2D eigenvalue weighted by molar-refractivity contribution is 5.76. The number of hydrogen-bond acceptors (Lipinski definition) is 5. The number of carbonyl (C=O) groups is 1. The van der Waals surface area contributed by atoms with E-state index >= 15 is 0 Å². The van der Waals surface area contributed by atoms with E-state index in [1.165, 1.54) is 18.2 Å². The highest BCUT2D eigenvalue weighted by atomic mass is 19.4. The number of nitrogens with zero attached hydrogens (tertiary/aromatic N) is 1. The van der Waals surface area contributed by atoms with Gasteiger partial charge in [0, 0.05) is 24.2 Å². The number of nitrogens with one attached hydrogen (secondary N) is 1. The minimum Gasteiger partial charge on any atom is -0.496 e. The fourth-order valence-electron chi connectivity index (χ4n) is 3.73. The molecule has 0 unspecified atom stereocenters. The van der Waals surface area contributed by atoms with E-state index in [1.54, 1.807) is 25.4 Å². The Hall–Kier alpha value is -3.75. The molecule has 2 atom stereocenters. The second-order valence-corrected chi connectivity index (χ2v) is 7.72. The number of halogens is 3. The summed E-state index contributed by atoms with van der Waals surface area (Å²) in [4.78, 5) is 15.6. The van der Waals surface area contributed by atoms with E-state index in [-0.39, 0.29) is 24.1 Å². The molecule has 0 aliphatic heterocycles. The fraction of sp³-hybridized carbons (Fsp3) is 0.250. The van der Waals surface area contributed by atoms with Crippen LogP contribution in [0.15, 0.2) is 60.8 Å². The SMILES string of the molecule is COc1ccc(-c2ccc(NCc3cccc(OC(F)(F)F)c3)nc2)cc1[C@@H]1C[C@H]1C(=O)O. The third kappa shape index (κ3) is 5.54. The second kappa shape index (κ2) is 9.01. The number of benzene rings is 2. The summed E-state index contributed by atoms with van der Waals surface area (Å²) in [6.07, 6.45) is -2.47. The Morgan fingerprint density at radius 3 is 2.58 bits per heavy atom. The summed E-state index contributed by atoms with van der Waals surface area (Å²) < 4.78 is 46.5. The molecule has 0 spiro atoms. The van der Waals surface area contributed by atoms with Crippen molar-refractivity contribution in [3.05, 3.63) is 71.9 Å². The smallest absolute Gasteiger partial charge is 0.496 e. The van der Waals surface area contributed by atoms with Crippen LogP contribution in [0.25, 0.3) is 11.1 Å². The lowest BCUT2D eigenvalue weighted by Gasteiger charge is -2.12. The van der Waals surface area contributed by atoms with Crippen molar-refractivity contribution in [3.63, 3.8) is 0 Å². The average Bonchev–Trinajstić information content (AvgIpc) is 3.58. The van der Waals surface area contributed by atoms with Gasteiger partial charge in [-0.3, -0.25) is 4.79 Å². The Bertz CT molecular complexity index is 1150. The number of carboxylic acid groups (broad SMARTS) is 1. The number of methoxy groups -OCH3 is 1. The number of anilines is 1. The molecule has 1 fully saturated rings. The van der Waals surface area contributed by atoms with Gasteiger partial charge in [-0.1, -0.05) is 18.2 Å². The third-order valence-electron chi connectivity index (χ3n) is 5.44. The summed E-state index contributed by atoms with van der Waals surface area (Å²) in [6, 6.07) is 15.0. The quantitative estimate of drug-likeness (QED) is 0.467. The number of ether oxygens (including phenoxy) is 2. The van der Waals surface area contributed by atoms with Crippen LogP contribution in [-0.4, -0.2) is 29.5 Å². The maximum atomic E-state index is 12.4. The molecular weight excluding hydrogens is 437 g/mol. The largest absolute Gasteiger partial charge is 0.573 e. The van der Waals surface area contributed by atoms with Gasteiger partial charge < -0.3 is 19.9 Å². The molecule has 0 amide bonds. The number of rotatable bonds is 8. The molecule has 1 aliphatic carbocycles. The van der Waals surface area contributed by atoms with Gasteiger partial charge in [-0.25, -0.2) is 4.98 Å². The van der Waals surface area contributed by atoms with E-state index in [2.05, 4.69) is 15.0 Å². The first-order valence-electron chi connectivity index (χ1n) is 10.2. The number of carboxylic acids is 1. The van der Waals surface area contributed by atoms with Crippen molar-refractivity contribution in [2.24, 2.45) is 5.92 Å². The second-order valence-electron chi connectivity index (χ2n) is 7.72. The fourth-order valence-corrected chi connectivity index (χ4v) is 3.73. The van der Waals surface area contributed by atoms with Crippen molar-refractivity contribution < 1.29 is 32.5 Å². The molecule has 1 aromatic heterocycles. The van der Waals surface area contributed by atoms with Crippen LogP contribution in [0.3, 0.4) is 0 Å². The van der Waals surface area contributed by atoms with Gasteiger partial charge in [-0.15, -0.1) is 13.2 Å². The Morgan fingerprint density at radius 2 is 1.94 bits per heavy atom. The van der Waals surface area contributed by atoms with E-state index in [4.69, 9.17) is 4.74 Å². The summed E-state index contributed by atoms with van der Waals surface area (Å²) in [5, 5.41) is 12.3. The number of aromatic nitrogens is 1. The molecule has 0 radical (unpaired) electrons. The maximum Gasteiger partial charge on any atom is 0.573 e. The molecular formula is C24H21F3N2O4. The van der Waals surface area contributed by atoms with E-state index in [9.17, 15) is 23.1 Å². The average molecular weight is 458 g/mol. The lowest BCUT2D eigenvalue weighted by Crippen LogP contribution is -2.17. The number of alkyl halides is 3. The lowest BCUT2D eigenvalue weighted by molar-refractivity contribution is -0.274. The van der Waals surface area contributed by atoms with Gasteiger partial charge in [-0.05, 0) is 59.5 Å². The van der Waals surface area contributed by atoms with Gasteiger partial charge >= 0.3 is 12.3 Å². The molecule has 2 aromatic carbocycles. The molecule has 1 heterocycles. The zero-order valence-corrected chi connectivity index (χ0v) is 17.6. The number of hydrogen-bond donors (Lipinski definition) is 2. The Morgan fingerprint density at radius 1 is 1.15 bits per heavy atom. The van der Waals surface area contributed by atoms with Crippen molar-refractivity contribution in [3.8, 4) is 22.6 Å². The zero-order chi connectivity index (χ0) is 23.6. The van der Waals surface area contributed by atoms with E-state index < -0.39 is 12.3 Å². The molecule has 33 heavy (non-hydrogen) atoms. The summed E-state index contributed by atoms with van der Waals surface area (Å²) >= 11 is 0. The van der Waals surface area contributed by atoms with E-state index in [1.807, 2.05) is 24.3 Å². The van der Waals surface area contributed by atoms with Gasteiger partial charge in [0.05, 0.1) is 13.0 Å². The normalized spacial score (nSPS) is 17.3. The van der Waals surface area contributed by atoms with E-state index in [0.29, 0.717) is 23.6 Å². The summed E-state index contributed by atoms with van der Waals surface area (Å²) in [7, 11) is 1.56. The minimum absolute atomic E-state index is 0.0663. The van der Waals surface area contributed by atoms with Crippen LogP contribution in [0, 0.1) is 5.92 Å². The van der Waals surface area contributed by atoms with Crippen molar-refractivity contribution in [1.82, 2.24) is 4.98 Å². The van der Waals surface area contributed by atoms with Crippen LogP contribution in [0.4, 0.5) is 19.0 Å². The van der Waals surface area contributed by atoms with Crippen LogP contribution < -0.4 is 14.8 Å². The summed E-state index contributed by atoms with van der Waals surface area (Å²) in [5.41, 5.74) is 3.21. The molecule has 6 nitrogen and oxygen atoms in total. The molecule has 0 bridgehead atoms. The van der Waals surface area contributed by atoms with Crippen LogP contribution in [-0.2, 0) is 11.3 Å². The summed E-state index contributed by atoms with van der Waals surface area (Å²) in [5.74, 6) is -0.318. The minimum atomic E-state index is -4.74. The molecule has 1 saturated carbocycles. The summed E-state index contributed by atoms with van der Waals surface area (Å²) in [6.45, 7) is 0.270. The van der Waals surface area contributed by atoms with Gasteiger partial charge in [0.1, 0.15) is 17.3 Å². The van der Waals surface area contributed by atoms with Crippen LogP contribution >= 0.6 is 0 Å². The highest BCUT2D eigenvalue weighted by Crippen LogP contribution is 2.51. The Balaban J connectivity index is 1.44. The monoisotopic (exact) mass is 458 g/mol. The maximum absolute atomic E-state index is 12.4. The molecule has 9 heteroatoms. The van der Waals surface area contributed by atoms with E-state index in [0.717, 1.165) is 16.7 Å². The first-order chi connectivity index (χ1) is 15.7. The van der Waals surface area contributed by atoms with Gasteiger partial charge in [0.25, 0.3) is 0 Å². The highest BCUT2D eigenvalue weighted by Gasteiger charge is 2.45. The van der Waals surface area contributed by atoms with Crippen LogP contribution in [0.2, 0.25) is 0 Å². The zero-order valence-electron chi connectivity index (χ0n) is 17.6. The molecule has 4 rings (SSSR count).